The van der Waals surface area contributed by atoms with Gasteiger partial charge in [0.25, 0.3) is 5.91 Å². The van der Waals surface area contributed by atoms with Gasteiger partial charge in [0.1, 0.15) is 0 Å². The quantitative estimate of drug-likeness (QED) is 0.646. The summed E-state index contributed by atoms with van der Waals surface area (Å²) in [6.07, 6.45) is 9.09. The second-order valence-corrected chi connectivity index (χ2v) is 7.68. The molecule has 1 amide bonds. The fraction of sp³-hybridized carbons (Fsp3) is 0.292. The van der Waals surface area contributed by atoms with Crippen LogP contribution in [0, 0.1) is 11.8 Å². The molecule has 152 valence electrons. The van der Waals surface area contributed by atoms with E-state index in [-0.39, 0.29) is 12.5 Å². The van der Waals surface area contributed by atoms with Crippen molar-refractivity contribution in [2.75, 3.05) is 13.6 Å². The number of amides is 1. The van der Waals surface area contributed by atoms with E-state index in [4.69, 9.17) is 0 Å². The first-order valence-corrected chi connectivity index (χ1v) is 10.1. The van der Waals surface area contributed by atoms with Crippen LogP contribution in [0.4, 0.5) is 0 Å². The highest BCUT2D eigenvalue weighted by molar-refractivity contribution is 5.94. The van der Waals surface area contributed by atoms with Gasteiger partial charge in [0.2, 0.25) is 0 Å². The molecule has 0 spiro atoms. The molecule has 1 fully saturated rings. The van der Waals surface area contributed by atoms with Crippen molar-refractivity contribution >= 4 is 5.91 Å². The minimum Gasteiger partial charge on any atom is -0.391 e. The van der Waals surface area contributed by atoms with Crippen molar-refractivity contribution in [1.29, 1.82) is 0 Å². The Hall–Kier alpha value is -3.43. The van der Waals surface area contributed by atoms with Crippen molar-refractivity contribution in [3.8, 4) is 11.8 Å². The summed E-state index contributed by atoms with van der Waals surface area (Å²) < 4.78 is 1.96. The average molecular weight is 400 g/mol. The SMILES string of the molecule is CN(C[C@@H](O)Cc1ccccc1)C(=O)c1cncc(C#Cc2cnn(C3CC3)c2)c1. The van der Waals surface area contributed by atoms with Crippen LogP contribution in [0.2, 0.25) is 0 Å². The van der Waals surface area contributed by atoms with E-state index in [9.17, 15) is 9.90 Å². The minimum atomic E-state index is -0.639. The molecule has 30 heavy (non-hydrogen) atoms. The molecule has 6 heteroatoms. The molecule has 1 saturated carbocycles. The van der Waals surface area contributed by atoms with Crippen LogP contribution in [0.5, 0.6) is 0 Å². The first kappa shape index (κ1) is 19.9. The highest BCUT2D eigenvalue weighted by atomic mass is 16.3. The Morgan fingerprint density at radius 1 is 1.20 bits per heavy atom. The Labute approximate surface area is 176 Å². The Balaban J connectivity index is 1.38. The molecule has 1 aromatic carbocycles. The molecule has 2 aromatic heterocycles. The number of pyridine rings is 1. The number of likely N-dealkylation sites (N-methyl/N-ethyl adjacent to an activating group) is 1. The zero-order valence-corrected chi connectivity index (χ0v) is 16.9. The summed E-state index contributed by atoms with van der Waals surface area (Å²) in [5, 5.41) is 14.7. The molecule has 3 aromatic rings. The topological polar surface area (TPSA) is 71.2 Å². The van der Waals surface area contributed by atoms with Crippen LogP contribution in [-0.4, -0.2) is 50.4 Å². The molecule has 0 radical (unpaired) electrons. The second-order valence-electron chi connectivity index (χ2n) is 7.68. The van der Waals surface area contributed by atoms with Gasteiger partial charge in [0.05, 0.1) is 29.5 Å². The summed E-state index contributed by atoms with van der Waals surface area (Å²) in [4.78, 5) is 18.4. The fourth-order valence-electron chi connectivity index (χ4n) is 3.28. The number of aliphatic hydroxyl groups is 1. The van der Waals surface area contributed by atoms with Crippen molar-refractivity contribution in [3.63, 3.8) is 0 Å². The summed E-state index contributed by atoms with van der Waals surface area (Å²) in [7, 11) is 1.68. The van der Waals surface area contributed by atoms with Crippen molar-refractivity contribution in [2.45, 2.75) is 31.4 Å². The van der Waals surface area contributed by atoms with E-state index in [1.54, 1.807) is 25.5 Å². The second kappa shape index (κ2) is 8.93. The number of benzene rings is 1. The monoisotopic (exact) mass is 400 g/mol. The molecule has 1 N–H and O–H groups in total. The summed E-state index contributed by atoms with van der Waals surface area (Å²) >= 11 is 0. The van der Waals surface area contributed by atoms with E-state index in [0.29, 0.717) is 23.6 Å². The van der Waals surface area contributed by atoms with E-state index in [2.05, 4.69) is 21.9 Å². The fourth-order valence-corrected chi connectivity index (χ4v) is 3.28. The smallest absolute Gasteiger partial charge is 0.255 e. The maximum Gasteiger partial charge on any atom is 0.255 e. The van der Waals surface area contributed by atoms with Crippen molar-refractivity contribution in [2.24, 2.45) is 0 Å². The molecule has 6 nitrogen and oxygen atoms in total. The zero-order chi connectivity index (χ0) is 20.9. The van der Waals surface area contributed by atoms with Crippen molar-refractivity contribution in [3.05, 3.63) is 83.4 Å². The third kappa shape index (κ3) is 5.13. The van der Waals surface area contributed by atoms with Gasteiger partial charge in [-0.2, -0.15) is 5.10 Å². The first-order valence-electron chi connectivity index (χ1n) is 10.1. The largest absolute Gasteiger partial charge is 0.391 e. The van der Waals surface area contributed by atoms with Gasteiger partial charge in [0, 0.05) is 44.2 Å². The number of carbonyl (C=O) groups excluding carboxylic acids is 1. The van der Waals surface area contributed by atoms with E-state index >= 15 is 0 Å². The van der Waals surface area contributed by atoms with Gasteiger partial charge in [-0.05, 0) is 24.5 Å². The van der Waals surface area contributed by atoms with Gasteiger partial charge in [-0.15, -0.1) is 0 Å². The minimum absolute atomic E-state index is 0.195. The standard InChI is InChI=1S/C24H24N4O2/c1-27(17-23(29)12-18-5-3-2-4-6-18)24(30)21-11-19(13-25-15-21)7-8-20-14-26-28(16-20)22-9-10-22/h2-6,11,13-16,22-23,29H,9-10,12,17H2,1H3/t23-/m0/s1. The summed E-state index contributed by atoms with van der Waals surface area (Å²) in [6, 6.07) is 12.0. The summed E-state index contributed by atoms with van der Waals surface area (Å²) in [5.41, 5.74) is 3.00. The van der Waals surface area contributed by atoms with Gasteiger partial charge in [-0.1, -0.05) is 42.2 Å². The number of carbonyl (C=O) groups is 1. The predicted octanol–water partition coefficient (Wildman–Crippen LogP) is 2.69. The van der Waals surface area contributed by atoms with E-state index < -0.39 is 6.10 Å². The van der Waals surface area contributed by atoms with Gasteiger partial charge in [-0.3, -0.25) is 14.5 Å². The number of hydrogen-bond acceptors (Lipinski definition) is 4. The van der Waals surface area contributed by atoms with Crippen LogP contribution in [0.3, 0.4) is 0 Å². The number of hydrogen-bond donors (Lipinski definition) is 1. The third-order valence-electron chi connectivity index (χ3n) is 5.00. The molecule has 1 aliphatic carbocycles. The Bertz CT molecular complexity index is 1080. The highest BCUT2D eigenvalue weighted by Crippen LogP contribution is 2.33. The molecule has 1 aliphatic rings. The predicted molar refractivity (Wildman–Crippen MR) is 114 cm³/mol. The Morgan fingerprint density at radius 2 is 1.97 bits per heavy atom. The Kier molecular flexibility index (Phi) is 5.92. The van der Waals surface area contributed by atoms with Crippen molar-refractivity contribution in [1.82, 2.24) is 19.7 Å². The van der Waals surface area contributed by atoms with Gasteiger partial charge in [-0.25, -0.2) is 0 Å². The third-order valence-corrected chi connectivity index (χ3v) is 5.00. The van der Waals surface area contributed by atoms with Crippen LogP contribution in [0.25, 0.3) is 0 Å². The van der Waals surface area contributed by atoms with Gasteiger partial charge in [0.15, 0.2) is 0 Å². The number of aliphatic hydroxyl groups excluding tert-OH is 1. The van der Waals surface area contributed by atoms with E-state index in [1.807, 2.05) is 41.2 Å². The van der Waals surface area contributed by atoms with Gasteiger partial charge < -0.3 is 10.0 Å². The Morgan fingerprint density at radius 3 is 2.73 bits per heavy atom. The summed E-state index contributed by atoms with van der Waals surface area (Å²) in [5.74, 6) is 5.94. The molecule has 0 aliphatic heterocycles. The molecule has 0 saturated heterocycles. The maximum atomic E-state index is 12.8. The average Bonchev–Trinajstić information content (AvgIpc) is 3.50. The van der Waals surface area contributed by atoms with Crippen molar-refractivity contribution < 1.29 is 9.90 Å². The normalized spacial score (nSPS) is 13.9. The number of nitrogens with zero attached hydrogens (tertiary/aromatic N) is 4. The van der Waals surface area contributed by atoms with Crippen LogP contribution < -0.4 is 0 Å². The number of rotatable bonds is 6. The molecule has 1 atom stereocenters. The molecular formula is C24H24N4O2. The lowest BCUT2D eigenvalue weighted by Gasteiger charge is -2.21. The molecule has 2 heterocycles. The molecule has 4 rings (SSSR count). The summed E-state index contributed by atoms with van der Waals surface area (Å²) in [6.45, 7) is 0.240. The lowest BCUT2D eigenvalue weighted by molar-refractivity contribution is 0.0681. The van der Waals surface area contributed by atoms with Crippen LogP contribution in [-0.2, 0) is 6.42 Å². The molecule has 0 unspecified atom stereocenters. The van der Waals surface area contributed by atoms with Crippen LogP contribution >= 0.6 is 0 Å². The number of aromatic nitrogens is 3. The molecule has 0 bridgehead atoms. The zero-order valence-electron chi connectivity index (χ0n) is 16.9. The van der Waals surface area contributed by atoms with Gasteiger partial charge >= 0.3 is 0 Å². The molecular weight excluding hydrogens is 376 g/mol. The van der Waals surface area contributed by atoms with Crippen LogP contribution in [0.15, 0.2) is 61.2 Å². The lowest BCUT2D eigenvalue weighted by Crippen LogP contribution is -2.35. The van der Waals surface area contributed by atoms with Crippen LogP contribution in [0.1, 0.15) is 45.9 Å². The first-order chi connectivity index (χ1) is 14.6. The lowest BCUT2D eigenvalue weighted by atomic mass is 10.1. The van der Waals surface area contributed by atoms with E-state index in [1.165, 1.54) is 23.9 Å². The maximum absolute atomic E-state index is 12.8. The highest BCUT2D eigenvalue weighted by Gasteiger charge is 2.23. The van der Waals surface area contributed by atoms with E-state index in [0.717, 1.165) is 11.1 Å².